The van der Waals surface area contributed by atoms with Gasteiger partial charge in [-0.15, -0.1) is 0 Å². The van der Waals surface area contributed by atoms with Crippen molar-refractivity contribution in [2.24, 2.45) is 0 Å². The molecule has 2 saturated heterocycles. The van der Waals surface area contributed by atoms with Crippen molar-refractivity contribution in [1.29, 1.82) is 0 Å². The number of rotatable bonds is 9. The largest absolute Gasteiger partial charge is 0.459 e. The Hall–Kier alpha value is -2.33. The van der Waals surface area contributed by atoms with E-state index in [-0.39, 0.29) is 31.8 Å². The molecule has 4 aliphatic heterocycles. The molecule has 1 N–H and O–H groups in total. The van der Waals surface area contributed by atoms with E-state index in [1.807, 2.05) is 29.2 Å². The summed E-state index contributed by atoms with van der Waals surface area (Å²) < 4.78 is 28.3. The highest BCUT2D eigenvalue weighted by Gasteiger charge is 2.34. The number of hydrogen-bond donors (Lipinski definition) is 1. The van der Waals surface area contributed by atoms with E-state index in [4.69, 9.17) is 28.8 Å². The molecule has 4 heterocycles. The van der Waals surface area contributed by atoms with Crippen molar-refractivity contribution >= 4 is 5.91 Å². The van der Waals surface area contributed by atoms with E-state index in [0.29, 0.717) is 31.4 Å². The van der Waals surface area contributed by atoms with E-state index in [9.17, 15) is 4.79 Å². The molecule has 0 saturated carbocycles. The van der Waals surface area contributed by atoms with Gasteiger partial charge in [-0.3, -0.25) is 4.79 Å². The van der Waals surface area contributed by atoms with E-state index in [0.717, 1.165) is 43.0 Å². The van der Waals surface area contributed by atoms with E-state index >= 15 is 0 Å². The molecule has 0 bridgehead atoms. The number of carbonyl (C=O) groups is 1. The second-order valence-corrected chi connectivity index (χ2v) is 9.86. The zero-order valence-corrected chi connectivity index (χ0v) is 20.9. The van der Waals surface area contributed by atoms with Crippen LogP contribution in [0.5, 0.6) is 11.5 Å². The molecule has 0 aromatic heterocycles. The number of carbonyl (C=O) groups excluding carboxylic acids is 1. The first-order valence-electron chi connectivity index (χ1n) is 13.3. The summed E-state index contributed by atoms with van der Waals surface area (Å²) >= 11 is 0. The lowest BCUT2D eigenvalue weighted by atomic mass is 9.92. The second-order valence-electron chi connectivity index (χ2n) is 9.86. The fraction of sp³-hybridized carbons (Fsp3) is 0.667. The van der Waals surface area contributed by atoms with E-state index in [1.54, 1.807) is 0 Å². The Kier molecular flexibility index (Phi) is 8.63. The highest BCUT2D eigenvalue weighted by Crippen LogP contribution is 2.38. The number of piperidine rings is 2. The predicted octanol–water partition coefficient (Wildman–Crippen LogP) is 2.63. The third kappa shape index (κ3) is 6.14. The van der Waals surface area contributed by atoms with Gasteiger partial charge in [-0.2, -0.15) is 0 Å². The highest BCUT2D eigenvalue weighted by molar-refractivity contribution is 5.92. The predicted molar refractivity (Wildman–Crippen MR) is 132 cm³/mol. The Morgan fingerprint density at radius 3 is 2.61 bits per heavy atom. The number of amides is 1. The third-order valence-electron chi connectivity index (χ3n) is 7.52. The summed E-state index contributed by atoms with van der Waals surface area (Å²) in [4.78, 5) is 18.1. The molecule has 5 rings (SSSR count). The number of fused-ring (bicyclic) bond motifs is 1. The first-order valence-corrected chi connectivity index (χ1v) is 13.3. The lowest BCUT2D eigenvalue weighted by Gasteiger charge is -2.40. The zero-order chi connectivity index (χ0) is 24.7. The van der Waals surface area contributed by atoms with Gasteiger partial charge in [-0.05, 0) is 62.5 Å². The molecule has 0 radical (unpaired) electrons. The number of nitrogens with zero attached hydrogens (tertiary/aromatic N) is 2. The molecule has 2 atom stereocenters. The first kappa shape index (κ1) is 25.3. The quantitative estimate of drug-likeness (QED) is 0.516. The molecular weight excluding hydrogens is 464 g/mol. The zero-order valence-electron chi connectivity index (χ0n) is 20.9. The number of allylic oxidation sites excluding steroid dienone is 1. The molecule has 2 unspecified atom stereocenters. The molecule has 36 heavy (non-hydrogen) atoms. The summed E-state index contributed by atoms with van der Waals surface area (Å²) in [6, 6.07) is 6.47. The van der Waals surface area contributed by atoms with Crippen molar-refractivity contribution in [3.05, 3.63) is 35.6 Å². The minimum Gasteiger partial charge on any atom is -0.459 e. The summed E-state index contributed by atoms with van der Waals surface area (Å²) in [7, 11) is 0. The van der Waals surface area contributed by atoms with Crippen molar-refractivity contribution in [1.82, 2.24) is 9.80 Å². The summed E-state index contributed by atoms with van der Waals surface area (Å²) in [6.07, 6.45) is 7.86. The second kappa shape index (κ2) is 12.3. The van der Waals surface area contributed by atoms with Crippen LogP contribution in [0.25, 0.3) is 0 Å². The summed E-state index contributed by atoms with van der Waals surface area (Å²) in [5.74, 6) is 1.68. The van der Waals surface area contributed by atoms with Crippen LogP contribution in [0, 0.1) is 0 Å². The SMILES string of the molecule is O=C(C1=CC(c2ccc3c(c2)OCO3)CC(OCCOCCO)O1)N1CCC(N2CCCCC2)CC1. The molecule has 0 aliphatic carbocycles. The van der Waals surface area contributed by atoms with Crippen LogP contribution in [0.4, 0.5) is 0 Å². The smallest absolute Gasteiger partial charge is 0.288 e. The fourth-order valence-corrected chi connectivity index (χ4v) is 5.57. The molecule has 1 amide bonds. The standard InChI is InChI=1S/C27H38N2O7/c30-12-13-32-14-15-33-26-18-21(20-4-5-23-24(16-20)35-19-34-23)17-25(36-26)27(31)29-10-6-22(7-11-29)28-8-2-1-3-9-28/h4-5,16-17,21-22,26,30H,1-3,6-15,18-19H2. The topological polar surface area (TPSA) is 89.9 Å². The maximum Gasteiger partial charge on any atom is 0.288 e. The normalized spacial score (nSPS) is 24.9. The van der Waals surface area contributed by atoms with Crippen LogP contribution in [0.15, 0.2) is 30.0 Å². The average molecular weight is 503 g/mol. The van der Waals surface area contributed by atoms with Crippen LogP contribution in [0.1, 0.15) is 50.0 Å². The Balaban J connectivity index is 1.25. The van der Waals surface area contributed by atoms with Crippen molar-refractivity contribution in [3.8, 4) is 11.5 Å². The van der Waals surface area contributed by atoms with Crippen molar-refractivity contribution < 1.29 is 33.6 Å². The Morgan fingerprint density at radius 1 is 1.00 bits per heavy atom. The molecule has 198 valence electrons. The van der Waals surface area contributed by atoms with Crippen molar-refractivity contribution in [2.45, 2.75) is 56.8 Å². The lowest BCUT2D eigenvalue weighted by Crippen LogP contribution is -2.49. The lowest BCUT2D eigenvalue weighted by molar-refractivity contribution is -0.157. The van der Waals surface area contributed by atoms with Gasteiger partial charge in [0.05, 0.1) is 26.4 Å². The minimum absolute atomic E-state index is 0.0258. The van der Waals surface area contributed by atoms with Gasteiger partial charge < -0.3 is 38.6 Å². The fourth-order valence-electron chi connectivity index (χ4n) is 5.57. The van der Waals surface area contributed by atoms with Crippen LogP contribution in [0.3, 0.4) is 0 Å². The van der Waals surface area contributed by atoms with Gasteiger partial charge >= 0.3 is 0 Å². The summed E-state index contributed by atoms with van der Waals surface area (Å²) in [6.45, 7) is 5.00. The van der Waals surface area contributed by atoms with Gasteiger partial charge in [-0.1, -0.05) is 12.5 Å². The number of aliphatic hydroxyl groups is 1. The monoisotopic (exact) mass is 502 g/mol. The summed E-state index contributed by atoms with van der Waals surface area (Å²) in [5, 5.41) is 8.89. The molecule has 9 heteroatoms. The van der Waals surface area contributed by atoms with Crippen molar-refractivity contribution in [3.63, 3.8) is 0 Å². The van der Waals surface area contributed by atoms with Gasteiger partial charge in [0.1, 0.15) is 0 Å². The third-order valence-corrected chi connectivity index (χ3v) is 7.52. The number of hydrogen-bond acceptors (Lipinski definition) is 8. The van der Waals surface area contributed by atoms with Crippen LogP contribution in [-0.2, 0) is 19.0 Å². The maximum atomic E-state index is 13.5. The van der Waals surface area contributed by atoms with Gasteiger partial charge in [0.15, 0.2) is 17.3 Å². The van der Waals surface area contributed by atoms with Gasteiger partial charge in [-0.25, -0.2) is 0 Å². The molecule has 2 fully saturated rings. The Labute approximate surface area is 212 Å². The Morgan fingerprint density at radius 2 is 1.81 bits per heavy atom. The van der Waals surface area contributed by atoms with E-state index in [1.165, 1.54) is 32.4 Å². The summed E-state index contributed by atoms with van der Waals surface area (Å²) in [5.41, 5.74) is 1.03. The van der Waals surface area contributed by atoms with Crippen LogP contribution >= 0.6 is 0 Å². The van der Waals surface area contributed by atoms with Crippen molar-refractivity contribution in [2.75, 3.05) is 59.4 Å². The number of benzene rings is 1. The van der Waals surface area contributed by atoms with Crippen LogP contribution in [0.2, 0.25) is 0 Å². The van der Waals surface area contributed by atoms with Crippen LogP contribution in [-0.4, -0.2) is 92.5 Å². The van der Waals surface area contributed by atoms with Gasteiger partial charge in [0.25, 0.3) is 5.91 Å². The number of aliphatic hydroxyl groups excluding tert-OH is 1. The molecule has 1 aromatic rings. The molecule has 1 aromatic carbocycles. The molecule has 0 spiro atoms. The maximum absolute atomic E-state index is 13.5. The Bertz CT molecular complexity index is 909. The average Bonchev–Trinajstić information content (AvgIpc) is 3.41. The number of likely N-dealkylation sites (tertiary alicyclic amines) is 2. The molecule has 4 aliphatic rings. The van der Waals surface area contributed by atoms with Crippen LogP contribution < -0.4 is 9.47 Å². The molecule has 9 nitrogen and oxygen atoms in total. The highest BCUT2D eigenvalue weighted by atomic mass is 16.7. The van der Waals surface area contributed by atoms with E-state index < -0.39 is 6.29 Å². The minimum atomic E-state index is -0.562. The number of ether oxygens (including phenoxy) is 5. The van der Waals surface area contributed by atoms with Gasteiger partial charge in [0.2, 0.25) is 13.1 Å². The molecular formula is C27H38N2O7. The van der Waals surface area contributed by atoms with E-state index in [2.05, 4.69) is 4.90 Å². The van der Waals surface area contributed by atoms with Gasteiger partial charge in [0, 0.05) is 31.5 Å². The first-order chi connectivity index (χ1) is 17.7.